The molecule has 1 saturated carbocycles. The molecule has 0 saturated heterocycles. The maximum absolute atomic E-state index is 13.6. The van der Waals surface area contributed by atoms with Gasteiger partial charge in [0.1, 0.15) is 17.2 Å². The first kappa shape index (κ1) is 23.3. The van der Waals surface area contributed by atoms with Crippen molar-refractivity contribution in [1.29, 1.82) is 5.26 Å². The van der Waals surface area contributed by atoms with E-state index in [9.17, 15) is 21.6 Å². The molecule has 0 bridgehead atoms. The molecule has 3 rings (SSSR count). The Morgan fingerprint density at radius 1 is 1.16 bits per heavy atom. The third-order valence-corrected chi connectivity index (χ3v) is 7.77. The molecule has 0 unspecified atom stereocenters. The van der Waals surface area contributed by atoms with Crippen LogP contribution in [-0.4, -0.2) is 29.2 Å². The minimum Gasteiger partial charge on any atom is -0.338 e. The Morgan fingerprint density at radius 3 is 2.35 bits per heavy atom. The molecule has 1 aliphatic carbocycles. The van der Waals surface area contributed by atoms with Crippen LogP contribution in [0.3, 0.4) is 0 Å². The van der Waals surface area contributed by atoms with Gasteiger partial charge in [0, 0.05) is 17.5 Å². The number of aromatic amines is 1. The van der Waals surface area contributed by atoms with E-state index in [1.807, 2.05) is 6.07 Å². The van der Waals surface area contributed by atoms with Crippen molar-refractivity contribution < 1.29 is 21.6 Å². The smallest absolute Gasteiger partial charge is 0.338 e. The molecule has 1 aromatic carbocycles. The maximum Gasteiger partial charge on any atom is 0.433 e. The number of imidazole rings is 1. The molecule has 1 aromatic heterocycles. The molecular weight excluding hydrogens is 429 g/mol. The third kappa shape index (κ3) is 5.10. The molecule has 0 atom stereocenters. The molecule has 6 nitrogen and oxygen atoms in total. The van der Waals surface area contributed by atoms with Crippen LogP contribution in [0.25, 0.3) is 11.3 Å². The maximum atomic E-state index is 13.6. The van der Waals surface area contributed by atoms with Gasteiger partial charge in [0.05, 0.1) is 16.4 Å². The average Bonchev–Trinajstić information content (AvgIpc) is 3.13. The molecule has 0 radical (unpaired) electrons. The number of H-pyrrole nitrogens is 1. The lowest BCUT2D eigenvalue weighted by atomic mass is 9.86. The Labute approximate surface area is 179 Å². The van der Waals surface area contributed by atoms with E-state index < -0.39 is 26.6 Å². The average molecular weight is 455 g/mol. The van der Waals surface area contributed by atoms with Gasteiger partial charge in [0.2, 0.25) is 10.0 Å². The molecule has 1 aliphatic rings. The summed E-state index contributed by atoms with van der Waals surface area (Å²) >= 11 is 0. The number of hydrogen-bond acceptors (Lipinski definition) is 4. The van der Waals surface area contributed by atoms with E-state index in [0.717, 1.165) is 0 Å². The monoisotopic (exact) mass is 454 g/mol. The van der Waals surface area contributed by atoms with Crippen LogP contribution < -0.4 is 4.72 Å². The van der Waals surface area contributed by atoms with Crippen LogP contribution in [0, 0.1) is 11.3 Å². The van der Waals surface area contributed by atoms with Gasteiger partial charge in [-0.05, 0) is 58.6 Å². The van der Waals surface area contributed by atoms with Gasteiger partial charge in [-0.1, -0.05) is 12.1 Å². The highest BCUT2D eigenvalue weighted by molar-refractivity contribution is 7.90. The number of aromatic nitrogens is 2. The van der Waals surface area contributed by atoms with Crippen molar-refractivity contribution in [1.82, 2.24) is 14.7 Å². The molecular formula is C21H25F3N4O2S. The van der Waals surface area contributed by atoms with Crippen LogP contribution in [0.15, 0.2) is 24.3 Å². The largest absolute Gasteiger partial charge is 0.433 e. The zero-order valence-electron chi connectivity index (χ0n) is 17.5. The zero-order chi connectivity index (χ0) is 23.0. The molecule has 2 N–H and O–H groups in total. The summed E-state index contributed by atoms with van der Waals surface area (Å²) in [6.45, 7) is 4.85. The van der Waals surface area contributed by atoms with Crippen LogP contribution in [0.5, 0.6) is 0 Å². The van der Waals surface area contributed by atoms with Crippen molar-refractivity contribution in [3.63, 3.8) is 0 Å². The number of halogens is 3. The van der Waals surface area contributed by atoms with Gasteiger partial charge in [0.15, 0.2) is 0 Å². The fourth-order valence-corrected chi connectivity index (χ4v) is 4.64. The van der Waals surface area contributed by atoms with E-state index in [4.69, 9.17) is 5.26 Å². The zero-order valence-corrected chi connectivity index (χ0v) is 18.4. The summed E-state index contributed by atoms with van der Waals surface area (Å²) in [4.78, 5) is 6.72. The van der Waals surface area contributed by atoms with Crippen LogP contribution in [0.1, 0.15) is 69.5 Å². The number of nitrogens with zero attached hydrogens (tertiary/aromatic N) is 2. The Kier molecular flexibility index (Phi) is 6.22. The highest BCUT2D eigenvalue weighted by Crippen LogP contribution is 2.39. The second-order valence-electron chi connectivity index (χ2n) is 8.82. The molecule has 0 aliphatic heterocycles. The number of nitriles is 1. The first-order chi connectivity index (χ1) is 14.3. The van der Waals surface area contributed by atoms with E-state index in [0.29, 0.717) is 25.7 Å². The van der Waals surface area contributed by atoms with Crippen LogP contribution in [-0.2, 0) is 16.2 Å². The van der Waals surface area contributed by atoms with Crippen molar-refractivity contribution in [2.75, 3.05) is 0 Å². The van der Waals surface area contributed by atoms with Crippen molar-refractivity contribution in [2.24, 2.45) is 0 Å². The number of hydrogen-bond donors (Lipinski definition) is 2. The summed E-state index contributed by atoms with van der Waals surface area (Å²) in [7, 11) is -3.49. The third-order valence-electron chi connectivity index (χ3n) is 5.51. The number of benzene rings is 1. The first-order valence-corrected chi connectivity index (χ1v) is 11.5. The van der Waals surface area contributed by atoms with Gasteiger partial charge in [-0.3, -0.25) is 0 Å². The summed E-state index contributed by atoms with van der Waals surface area (Å²) in [5.41, 5.74) is -0.689. The van der Waals surface area contributed by atoms with Crippen LogP contribution in [0.4, 0.5) is 13.2 Å². The summed E-state index contributed by atoms with van der Waals surface area (Å²) in [5.74, 6) is 0.00574. The lowest BCUT2D eigenvalue weighted by Crippen LogP contribution is -2.45. The molecule has 31 heavy (non-hydrogen) atoms. The SMILES string of the molecule is CC(C)(C)S(=O)(=O)N[C@H]1CC[C@H](c2nc(-c3cccc(C#N)c3)c(C(F)(F)F)[nH]2)CC1. The molecule has 0 amide bonds. The summed E-state index contributed by atoms with van der Waals surface area (Å²) in [6, 6.07) is 7.60. The Morgan fingerprint density at radius 2 is 1.81 bits per heavy atom. The van der Waals surface area contributed by atoms with Crippen molar-refractivity contribution in [2.45, 2.75) is 69.3 Å². The van der Waals surface area contributed by atoms with Crippen molar-refractivity contribution >= 4 is 10.0 Å². The number of alkyl halides is 3. The Bertz CT molecular complexity index is 1090. The second-order valence-corrected chi connectivity index (χ2v) is 11.3. The summed E-state index contributed by atoms with van der Waals surface area (Å²) in [6.07, 6.45) is -2.56. The van der Waals surface area contributed by atoms with E-state index in [1.165, 1.54) is 24.3 Å². The minimum atomic E-state index is -4.62. The highest BCUT2D eigenvalue weighted by Gasteiger charge is 2.39. The van der Waals surface area contributed by atoms with Gasteiger partial charge >= 0.3 is 6.18 Å². The number of nitrogens with one attached hydrogen (secondary N) is 2. The summed E-state index contributed by atoms with van der Waals surface area (Å²) < 4.78 is 67.4. The normalized spacial score (nSPS) is 20.4. The molecule has 1 heterocycles. The van der Waals surface area contributed by atoms with E-state index in [-0.39, 0.29) is 34.6 Å². The molecule has 0 spiro atoms. The van der Waals surface area contributed by atoms with E-state index in [2.05, 4.69) is 14.7 Å². The van der Waals surface area contributed by atoms with Gasteiger partial charge in [-0.2, -0.15) is 18.4 Å². The topological polar surface area (TPSA) is 98.6 Å². The fraction of sp³-hybridized carbons (Fsp3) is 0.524. The Hall–Kier alpha value is -2.38. The molecule has 2 aromatic rings. The first-order valence-electron chi connectivity index (χ1n) is 10.0. The number of sulfonamides is 1. The van der Waals surface area contributed by atoms with Gasteiger partial charge in [0.25, 0.3) is 0 Å². The highest BCUT2D eigenvalue weighted by atomic mass is 32.2. The van der Waals surface area contributed by atoms with E-state index in [1.54, 1.807) is 20.8 Å². The fourth-order valence-electron chi connectivity index (χ4n) is 3.62. The van der Waals surface area contributed by atoms with Gasteiger partial charge < -0.3 is 4.98 Å². The lowest BCUT2D eigenvalue weighted by molar-refractivity contribution is -0.140. The quantitative estimate of drug-likeness (QED) is 0.699. The van der Waals surface area contributed by atoms with Crippen LogP contribution in [0.2, 0.25) is 0 Å². The second kappa shape index (κ2) is 8.28. The molecule has 168 valence electrons. The number of rotatable bonds is 4. The van der Waals surface area contributed by atoms with Gasteiger partial charge in [-0.15, -0.1) is 0 Å². The van der Waals surface area contributed by atoms with Crippen LogP contribution >= 0.6 is 0 Å². The molecule has 1 fully saturated rings. The van der Waals surface area contributed by atoms with Crippen molar-refractivity contribution in [3.8, 4) is 17.3 Å². The summed E-state index contributed by atoms with van der Waals surface area (Å²) in [5, 5.41) is 9.05. The Balaban J connectivity index is 1.82. The minimum absolute atomic E-state index is 0.223. The molecule has 10 heteroatoms. The predicted octanol–water partition coefficient (Wildman–Crippen LogP) is 4.71. The van der Waals surface area contributed by atoms with Gasteiger partial charge in [-0.25, -0.2) is 18.1 Å². The standard InChI is InChI=1S/C21H25F3N4O2S/c1-20(2,3)31(29,30)28-16-9-7-14(8-10-16)19-26-17(18(27-19)21(22,23)24)15-6-4-5-13(11-15)12-25/h4-6,11,14,16,28H,7-10H2,1-3H3,(H,26,27)/t14-,16-. The van der Waals surface area contributed by atoms with Crippen molar-refractivity contribution in [3.05, 3.63) is 41.3 Å². The lowest BCUT2D eigenvalue weighted by Gasteiger charge is -2.30. The predicted molar refractivity (Wildman–Crippen MR) is 111 cm³/mol. The van der Waals surface area contributed by atoms with E-state index >= 15 is 0 Å².